The zero-order valence-electron chi connectivity index (χ0n) is 24.3. The van der Waals surface area contributed by atoms with Gasteiger partial charge in [0.25, 0.3) is 0 Å². The Hall–Kier alpha value is -5.21. The third-order valence-corrected chi connectivity index (χ3v) is 9.53. The molecule has 0 amide bonds. The molecule has 2 aliphatic rings. The Morgan fingerprint density at radius 2 is 0.977 bits per heavy atom. The first-order valence-corrected chi connectivity index (χ1v) is 14.9. The molecular formula is C41H31NO. The van der Waals surface area contributed by atoms with Gasteiger partial charge in [-0.25, -0.2) is 0 Å². The maximum atomic E-state index is 13.9. The molecule has 0 atom stereocenters. The normalized spacial score (nSPS) is 15.6. The second-order valence-electron chi connectivity index (χ2n) is 12.1. The first kappa shape index (κ1) is 25.5. The highest BCUT2D eigenvalue weighted by atomic mass is 16.1. The van der Waals surface area contributed by atoms with Crippen molar-refractivity contribution in [3.05, 3.63) is 196 Å². The van der Waals surface area contributed by atoms with Crippen LogP contribution in [0.2, 0.25) is 0 Å². The average molecular weight is 554 g/mol. The zero-order chi connectivity index (χ0) is 29.2. The predicted molar refractivity (Wildman–Crippen MR) is 175 cm³/mol. The summed E-state index contributed by atoms with van der Waals surface area (Å²) in [4.78, 5) is 16.3. The third kappa shape index (κ3) is 3.50. The molecule has 0 unspecified atom stereocenters. The molecular weight excluding hydrogens is 522 g/mol. The van der Waals surface area contributed by atoms with Crippen molar-refractivity contribution in [1.82, 2.24) is 0 Å². The fourth-order valence-electron chi connectivity index (χ4n) is 7.58. The van der Waals surface area contributed by atoms with E-state index in [0.717, 1.165) is 39.1 Å². The van der Waals surface area contributed by atoms with E-state index in [1.54, 1.807) is 0 Å². The minimum atomic E-state index is -0.665. The highest BCUT2D eigenvalue weighted by Crippen LogP contribution is 2.55. The molecule has 1 aliphatic carbocycles. The van der Waals surface area contributed by atoms with Gasteiger partial charge in [0.15, 0.2) is 5.78 Å². The molecule has 0 bridgehead atoms. The van der Waals surface area contributed by atoms with Crippen LogP contribution in [0.25, 0.3) is 0 Å². The number of fused-ring (bicyclic) bond motifs is 4. The number of rotatable bonds is 3. The highest BCUT2D eigenvalue weighted by Gasteiger charge is 2.47. The second-order valence-corrected chi connectivity index (χ2v) is 12.1. The molecule has 2 heteroatoms. The Balaban J connectivity index is 1.48. The molecule has 1 heterocycles. The second kappa shape index (κ2) is 9.40. The monoisotopic (exact) mass is 553 g/mol. The molecule has 206 valence electrons. The topological polar surface area (TPSA) is 20.3 Å². The van der Waals surface area contributed by atoms with E-state index in [1.165, 1.54) is 22.5 Å². The molecule has 0 radical (unpaired) electrons. The van der Waals surface area contributed by atoms with E-state index < -0.39 is 5.41 Å². The lowest BCUT2D eigenvalue weighted by Gasteiger charge is -2.45. The van der Waals surface area contributed by atoms with Crippen molar-refractivity contribution in [2.24, 2.45) is 0 Å². The van der Waals surface area contributed by atoms with Crippen LogP contribution >= 0.6 is 0 Å². The Kier molecular flexibility index (Phi) is 5.58. The van der Waals surface area contributed by atoms with Gasteiger partial charge >= 0.3 is 0 Å². The molecule has 0 N–H and O–H groups in total. The van der Waals surface area contributed by atoms with Crippen molar-refractivity contribution < 1.29 is 4.79 Å². The molecule has 0 fully saturated rings. The number of para-hydroxylation sites is 2. The van der Waals surface area contributed by atoms with Gasteiger partial charge in [-0.15, -0.1) is 0 Å². The van der Waals surface area contributed by atoms with Gasteiger partial charge in [-0.05, 0) is 57.6 Å². The fraction of sp³-hybridized carbons (Fsp3) is 0.0976. The summed E-state index contributed by atoms with van der Waals surface area (Å²) in [6, 6.07) is 53.4. The maximum absolute atomic E-state index is 13.9. The van der Waals surface area contributed by atoms with Crippen LogP contribution in [-0.2, 0) is 10.8 Å². The van der Waals surface area contributed by atoms with E-state index in [9.17, 15) is 4.79 Å². The number of anilines is 3. The summed E-state index contributed by atoms with van der Waals surface area (Å²) in [5.41, 5.74) is 11.0. The minimum absolute atomic E-state index is 0.0835. The lowest BCUT2D eigenvalue weighted by Crippen LogP contribution is -2.39. The van der Waals surface area contributed by atoms with E-state index in [2.05, 4.69) is 146 Å². The van der Waals surface area contributed by atoms with E-state index in [-0.39, 0.29) is 11.2 Å². The quantitative estimate of drug-likeness (QED) is 0.217. The lowest BCUT2D eigenvalue weighted by molar-refractivity contribution is 0.103. The molecule has 8 rings (SSSR count). The van der Waals surface area contributed by atoms with Crippen LogP contribution in [0.3, 0.4) is 0 Å². The van der Waals surface area contributed by atoms with Crippen LogP contribution < -0.4 is 4.90 Å². The minimum Gasteiger partial charge on any atom is -0.310 e. The van der Waals surface area contributed by atoms with Gasteiger partial charge in [-0.3, -0.25) is 4.79 Å². The van der Waals surface area contributed by atoms with Gasteiger partial charge < -0.3 is 4.90 Å². The number of benzene rings is 6. The molecule has 1 aliphatic heterocycles. The van der Waals surface area contributed by atoms with Gasteiger partial charge in [0, 0.05) is 22.2 Å². The average Bonchev–Trinajstić information content (AvgIpc) is 3.06. The molecule has 6 aromatic rings. The summed E-state index contributed by atoms with van der Waals surface area (Å²) < 4.78 is 0. The van der Waals surface area contributed by atoms with Gasteiger partial charge in [0.05, 0.1) is 16.8 Å². The van der Waals surface area contributed by atoms with Crippen LogP contribution in [0.15, 0.2) is 152 Å². The van der Waals surface area contributed by atoms with E-state index in [1.807, 2.05) is 24.3 Å². The number of ketones is 1. The van der Waals surface area contributed by atoms with Crippen LogP contribution in [0.4, 0.5) is 17.1 Å². The molecule has 0 saturated heterocycles. The summed E-state index contributed by atoms with van der Waals surface area (Å²) in [6.07, 6.45) is 0. The Morgan fingerprint density at radius 1 is 0.465 bits per heavy atom. The summed E-state index contributed by atoms with van der Waals surface area (Å²) in [7, 11) is 0. The summed E-state index contributed by atoms with van der Waals surface area (Å²) in [5.74, 6) is 0.0835. The van der Waals surface area contributed by atoms with E-state index in [0.29, 0.717) is 0 Å². The fourth-order valence-corrected chi connectivity index (χ4v) is 7.58. The number of carbonyl (C=O) groups is 1. The molecule has 0 spiro atoms. The number of nitrogens with zero attached hydrogens (tertiary/aromatic N) is 1. The first-order valence-electron chi connectivity index (χ1n) is 14.9. The Morgan fingerprint density at radius 3 is 1.63 bits per heavy atom. The number of hydrogen-bond donors (Lipinski definition) is 0. The van der Waals surface area contributed by atoms with Crippen molar-refractivity contribution in [1.29, 1.82) is 0 Å². The zero-order valence-corrected chi connectivity index (χ0v) is 24.3. The van der Waals surface area contributed by atoms with Crippen molar-refractivity contribution in [3.63, 3.8) is 0 Å². The summed E-state index contributed by atoms with van der Waals surface area (Å²) in [6.45, 7) is 4.66. The SMILES string of the molecule is CC1(C)c2ccccc2N(c2ccccc2)c2ccc(C3(c4ccccc4)c4ccccc4C(=O)c4ccccc43)cc21. The molecule has 0 saturated carbocycles. The predicted octanol–water partition coefficient (Wildman–Crippen LogP) is 9.72. The van der Waals surface area contributed by atoms with Gasteiger partial charge in [0.1, 0.15) is 0 Å². The Bertz CT molecular complexity index is 1970. The largest absolute Gasteiger partial charge is 0.310 e. The first-order chi connectivity index (χ1) is 21.0. The molecule has 0 aromatic heterocycles. The van der Waals surface area contributed by atoms with Crippen molar-refractivity contribution >= 4 is 22.8 Å². The van der Waals surface area contributed by atoms with Crippen molar-refractivity contribution in [3.8, 4) is 0 Å². The Labute approximate surface area is 252 Å². The number of hydrogen-bond acceptors (Lipinski definition) is 2. The van der Waals surface area contributed by atoms with Crippen molar-refractivity contribution in [2.45, 2.75) is 24.7 Å². The van der Waals surface area contributed by atoms with Gasteiger partial charge in [0.2, 0.25) is 0 Å². The molecule has 43 heavy (non-hydrogen) atoms. The highest BCUT2D eigenvalue weighted by molar-refractivity contribution is 6.14. The van der Waals surface area contributed by atoms with E-state index in [4.69, 9.17) is 0 Å². The lowest BCUT2D eigenvalue weighted by atomic mass is 9.58. The van der Waals surface area contributed by atoms with Gasteiger partial charge in [-0.1, -0.05) is 141 Å². The van der Waals surface area contributed by atoms with Crippen LogP contribution in [0.1, 0.15) is 63.1 Å². The summed E-state index contributed by atoms with van der Waals surface area (Å²) >= 11 is 0. The summed E-state index contributed by atoms with van der Waals surface area (Å²) in [5, 5.41) is 0. The van der Waals surface area contributed by atoms with Crippen LogP contribution in [0, 0.1) is 0 Å². The van der Waals surface area contributed by atoms with Crippen molar-refractivity contribution in [2.75, 3.05) is 4.90 Å². The third-order valence-electron chi connectivity index (χ3n) is 9.53. The maximum Gasteiger partial charge on any atom is 0.193 e. The van der Waals surface area contributed by atoms with Crippen LogP contribution in [0.5, 0.6) is 0 Å². The van der Waals surface area contributed by atoms with Gasteiger partial charge in [-0.2, -0.15) is 0 Å². The van der Waals surface area contributed by atoms with Crippen LogP contribution in [-0.4, -0.2) is 5.78 Å². The van der Waals surface area contributed by atoms with E-state index >= 15 is 0 Å². The molecule has 6 aromatic carbocycles. The smallest absolute Gasteiger partial charge is 0.193 e. The standard InChI is InChI=1S/C41H31NO/c1-40(2)35-23-13-14-24-37(35)42(30-17-7-4-8-18-30)38-26-25-29(27-36(38)40)41(28-15-5-3-6-16-28)33-21-11-9-19-31(33)39(43)32-20-10-12-22-34(32)41/h3-27H,1-2H3. The number of carbonyl (C=O) groups excluding carboxylic acids is 1. The molecule has 2 nitrogen and oxygen atoms in total.